The summed E-state index contributed by atoms with van der Waals surface area (Å²) in [6, 6.07) is 12.9. The van der Waals surface area contributed by atoms with Gasteiger partial charge in [-0.2, -0.15) is 0 Å². The number of fused-ring (bicyclic) bond motifs is 1. The number of nitrogens with zero attached hydrogens (tertiary/aromatic N) is 3. The summed E-state index contributed by atoms with van der Waals surface area (Å²) in [4.78, 5) is 0. The van der Waals surface area contributed by atoms with Gasteiger partial charge in [-0.05, 0) is 51.7 Å². The normalized spacial score (nSPS) is 14.5. The smallest absolute Gasteiger partial charge is 0.205 e. The molecule has 0 saturated heterocycles. The number of hydrogen-bond acceptors (Lipinski definition) is 4. The van der Waals surface area contributed by atoms with Crippen molar-refractivity contribution in [3.05, 3.63) is 46.7 Å². The zero-order valence-corrected chi connectivity index (χ0v) is 14.8. The molecule has 1 saturated carbocycles. The van der Waals surface area contributed by atoms with Gasteiger partial charge in [0.15, 0.2) is 5.16 Å². The Morgan fingerprint density at radius 3 is 2.65 bits per heavy atom. The minimum atomic E-state index is 0.122. The van der Waals surface area contributed by atoms with E-state index in [-0.39, 0.29) is 6.61 Å². The van der Waals surface area contributed by atoms with Crippen molar-refractivity contribution in [3.8, 4) is 5.69 Å². The molecule has 1 fully saturated rings. The average Bonchev–Trinajstić information content (AvgIpc) is 3.36. The Balaban J connectivity index is 1.90. The lowest BCUT2D eigenvalue weighted by molar-refractivity contribution is 0.322. The highest BCUT2D eigenvalue weighted by Crippen LogP contribution is 2.44. The summed E-state index contributed by atoms with van der Waals surface area (Å²) in [7, 11) is 0. The number of thioether (sulfide) groups is 1. The van der Waals surface area contributed by atoms with Crippen molar-refractivity contribution in [1.82, 2.24) is 14.8 Å². The highest BCUT2D eigenvalue weighted by molar-refractivity contribution is 9.10. The summed E-state index contributed by atoms with van der Waals surface area (Å²) in [6.45, 7) is 0.122. The number of hydrogen-bond donors (Lipinski definition) is 1. The first-order valence-electron chi connectivity index (χ1n) is 7.66. The van der Waals surface area contributed by atoms with E-state index >= 15 is 0 Å². The van der Waals surface area contributed by atoms with Crippen LogP contribution in [0.4, 0.5) is 0 Å². The second-order valence-corrected chi connectivity index (χ2v) is 7.42. The number of aromatic nitrogens is 3. The Morgan fingerprint density at radius 1 is 1.13 bits per heavy atom. The predicted molar refractivity (Wildman–Crippen MR) is 96.3 cm³/mol. The summed E-state index contributed by atoms with van der Waals surface area (Å²) in [5.41, 5.74) is 2.51. The van der Waals surface area contributed by atoms with Crippen LogP contribution < -0.4 is 0 Å². The second-order valence-electron chi connectivity index (χ2n) is 5.65. The van der Waals surface area contributed by atoms with Gasteiger partial charge in [-0.25, -0.2) is 0 Å². The molecule has 118 valence electrons. The average molecular weight is 390 g/mol. The first-order chi connectivity index (χ1) is 11.3. The van der Waals surface area contributed by atoms with Gasteiger partial charge in [0.05, 0.1) is 12.3 Å². The van der Waals surface area contributed by atoms with Gasteiger partial charge in [-0.1, -0.05) is 42.1 Å². The molecule has 4 nitrogen and oxygen atoms in total. The maximum absolute atomic E-state index is 9.08. The number of aliphatic hydroxyl groups excluding tert-OH is 1. The van der Waals surface area contributed by atoms with Crippen molar-refractivity contribution in [1.29, 1.82) is 0 Å². The Bertz CT molecular complexity index is 860. The monoisotopic (exact) mass is 389 g/mol. The van der Waals surface area contributed by atoms with Gasteiger partial charge in [0.1, 0.15) is 0 Å². The van der Waals surface area contributed by atoms with Gasteiger partial charge < -0.3 is 5.11 Å². The van der Waals surface area contributed by atoms with Crippen molar-refractivity contribution >= 4 is 38.5 Å². The Kier molecular flexibility index (Phi) is 4.13. The largest absolute Gasteiger partial charge is 0.396 e. The molecule has 4 rings (SSSR count). The molecule has 1 aliphatic rings. The summed E-state index contributed by atoms with van der Waals surface area (Å²) >= 11 is 5.01. The topological polar surface area (TPSA) is 50.9 Å². The van der Waals surface area contributed by atoms with Crippen LogP contribution in [0.15, 0.2) is 46.3 Å². The zero-order valence-electron chi connectivity index (χ0n) is 12.4. The third-order valence-corrected chi connectivity index (χ3v) is 5.53. The molecule has 1 aliphatic carbocycles. The molecule has 3 aromatic rings. The number of halogens is 1. The molecule has 23 heavy (non-hydrogen) atoms. The van der Waals surface area contributed by atoms with Crippen LogP contribution in [-0.4, -0.2) is 32.2 Å². The Labute approximate surface area is 147 Å². The van der Waals surface area contributed by atoms with Crippen molar-refractivity contribution in [2.75, 3.05) is 12.4 Å². The lowest BCUT2D eigenvalue weighted by Gasteiger charge is -2.13. The minimum absolute atomic E-state index is 0.122. The van der Waals surface area contributed by atoms with E-state index in [0.29, 0.717) is 16.4 Å². The summed E-state index contributed by atoms with van der Waals surface area (Å²) < 4.78 is 2.70. The van der Waals surface area contributed by atoms with Gasteiger partial charge in [0.25, 0.3) is 0 Å². The summed E-state index contributed by atoms with van der Waals surface area (Å²) in [5, 5.41) is 20.8. The Morgan fingerprint density at radius 2 is 1.91 bits per heavy atom. The van der Waals surface area contributed by atoms with E-state index in [2.05, 4.69) is 62.5 Å². The van der Waals surface area contributed by atoms with E-state index in [0.717, 1.165) is 10.8 Å². The lowest BCUT2D eigenvalue weighted by atomic mass is 9.99. The molecule has 1 aromatic heterocycles. The van der Waals surface area contributed by atoms with Crippen LogP contribution in [0.25, 0.3) is 16.5 Å². The Hall–Kier alpha value is -1.37. The zero-order chi connectivity index (χ0) is 15.8. The fraction of sp³-hybridized carbons (Fsp3) is 0.294. The van der Waals surface area contributed by atoms with Crippen LogP contribution in [0.5, 0.6) is 0 Å². The van der Waals surface area contributed by atoms with E-state index in [1.165, 1.54) is 40.9 Å². The molecular formula is C17H16BrN3OS. The molecule has 0 aliphatic heterocycles. The van der Waals surface area contributed by atoms with Crippen LogP contribution >= 0.6 is 27.7 Å². The minimum Gasteiger partial charge on any atom is -0.396 e. The maximum Gasteiger partial charge on any atom is 0.205 e. The number of benzene rings is 2. The van der Waals surface area contributed by atoms with E-state index < -0.39 is 0 Å². The van der Waals surface area contributed by atoms with Gasteiger partial charge in [-0.3, -0.25) is 4.57 Å². The molecule has 0 unspecified atom stereocenters. The van der Waals surface area contributed by atoms with Crippen LogP contribution in [0.2, 0.25) is 0 Å². The standard InChI is InChI=1S/C17H16BrN3OS/c18-16-19-20-17(23-10-9-22)21(16)15-8-7-12(11-5-6-11)13-3-1-2-4-14(13)15/h1-4,7-8,11,22H,5-6,9-10H2. The fourth-order valence-electron chi connectivity index (χ4n) is 2.94. The molecule has 0 amide bonds. The second kappa shape index (κ2) is 6.26. The third-order valence-electron chi connectivity index (χ3n) is 4.11. The predicted octanol–water partition coefficient (Wildman–Crippen LogP) is 4.14. The van der Waals surface area contributed by atoms with Crippen LogP contribution in [0.3, 0.4) is 0 Å². The van der Waals surface area contributed by atoms with Crippen LogP contribution in [0, 0.1) is 0 Å². The highest BCUT2D eigenvalue weighted by atomic mass is 79.9. The van der Waals surface area contributed by atoms with Crippen LogP contribution in [-0.2, 0) is 0 Å². The summed E-state index contributed by atoms with van der Waals surface area (Å²) in [6.07, 6.45) is 2.58. The maximum atomic E-state index is 9.08. The molecule has 0 atom stereocenters. The van der Waals surface area contributed by atoms with Crippen molar-refractivity contribution in [3.63, 3.8) is 0 Å². The molecule has 6 heteroatoms. The first kappa shape index (κ1) is 15.2. The molecule has 1 heterocycles. The van der Waals surface area contributed by atoms with Crippen molar-refractivity contribution in [2.24, 2.45) is 0 Å². The number of aliphatic hydroxyl groups is 1. The van der Waals surface area contributed by atoms with Gasteiger partial charge >= 0.3 is 0 Å². The quantitative estimate of drug-likeness (QED) is 0.666. The van der Waals surface area contributed by atoms with E-state index in [4.69, 9.17) is 5.11 Å². The lowest BCUT2D eigenvalue weighted by Crippen LogP contribution is -2.00. The van der Waals surface area contributed by atoms with Gasteiger partial charge in [0, 0.05) is 11.1 Å². The molecule has 2 aromatic carbocycles. The molecule has 0 spiro atoms. The summed E-state index contributed by atoms with van der Waals surface area (Å²) in [5.74, 6) is 1.31. The third kappa shape index (κ3) is 2.79. The molecule has 0 bridgehead atoms. The van der Waals surface area contributed by atoms with E-state index in [9.17, 15) is 0 Å². The van der Waals surface area contributed by atoms with Crippen molar-refractivity contribution < 1.29 is 5.11 Å². The SMILES string of the molecule is OCCSc1nnc(Br)n1-c1ccc(C2CC2)c2ccccc12. The number of rotatable bonds is 5. The van der Waals surface area contributed by atoms with E-state index in [1.54, 1.807) is 0 Å². The fourth-order valence-corrected chi connectivity index (χ4v) is 4.18. The van der Waals surface area contributed by atoms with Gasteiger partial charge in [-0.15, -0.1) is 10.2 Å². The van der Waals surface area contributed by atoms with Gasteiger partial charge in [0.2, 0.25) is 4.73 Å². The van der Waals surface area contributed by atoms with Crippen molar-refractivity contribution in [2.45, 2.75) is 23.9 Å². The van der Waals surface area contributed by atoms with E-state index in [1.807, 2.05) is 4.57 Å². The first-order valence-corrected chi connectivity index (χ1v) is 9.44. The molecular weight excluding hydrogens is 374 g/mol. The molecule has 1 N–H and O–H groups in total. The van der Waals surface area contributed by atoms with Crippen LogP contribution in [0.1, 0.15) is 24.3 Å². The molecule has 0 radical (unpaired) electrons. The highest BCUT2D eigenvalue weighted by Gasteiger charge is 2.26.